The van der Waals surface area contributed by atoms with E-state index < -0.39 is 0 Å². The molecule has 0 bridgehead atoms. The molecule has 4 aromatic rings. The van der Waals surface area contributed by atoms with Crippen molar-refractivity contribution in [3.63, 3.8) is 0 Å². The summed E-state index contributed by atoms with van der Waals surface area (Å²) in [6.45, 7) is 3.98. The predicted molar refractivity (Wildman–Crippen MR) is 113 cm³/mol. The highest BCUT2D eigenvalue weighted by Crippen LogP contribution is 2.34. The number of aromatic nitrogens is 4. The van der Waals surface area contributed by atoms with E-state index in [1.165, 1.54) is 16.9 Å². The van der Waals surface area contributed by atoms with Gasteiger partial charge in [-0.05, 0) is 37.6 Å². The topological polar surface area (TPSA) is 95.1 Å². The van der Waals surface area contributed by atoms with Crippen molar-refractivity contribution in [2.24, 2.45) is 7.05 Å². The van der Waals surface area contributed by atoms with Gasteiger partial charge in [0.05, 0.1) is 17.5 Å². The van der Waals surface area contributed by atoms with E-state index in [0.29, 0.717) is 10.9 Å². The van der Waals surface area contributed by atoms with Crippen LogP contribution in [-0.4, -0.2) is 31.9 Å². The minimum absolute atomic E-state index is 0.189. The van der Waals surface area contributed by atoms with Gasteiger partial charge in [0.25, 0.3) is 5.91 Å². The summed E-state index contributed by atoms with van der Waals surface area (Å²) in [5.41, 5.74) is 4.91. The number of benzene rings is 1. The number of hydrogen-bond acceptors (Lipinski definition) is 7. The maximum atomic E-state index is 12.6. The van der Waals surface area contributed by atoms with Crippen molar-refractivity contribution in [2.75, 3.05) is 5.32 Å². The van der Waals surface area contributed by atoms with E-state index in [1.807, 2.05) is 31.5 Å². The molecule has 30 heavy (non-hydrogen) atoms. The van der Waals surface area contributed by atoms with Crippen LogP contribution >= 0.6 is 11.3 Å². The lowest BCUT2D eigenvalue weighted by Crippen LogP contribution is -2.11. The average Bonchev–Trinajstić information content (AvgIpc) is 3.49. The van der Waals surface area contributed by atoms with Crippen LogP contribution in [0.15, 0.2) is 40.4 Å². The molecule has 9 heteroatoms. The third kappa shape index (κ3) is 3.26. The van der Waals surface area contributed by atoms with Crippen LogP contribution in [0.3, 0.4) is 0 Å². The molecule has 0 aliphatic carbocycles. The number of ether oxygens (including phenoxy) is 1. The van der Waals surface area contributed by atoms with Crippen molar-refractivity contribution in [3.8, 4) is 28.3 Å². The molecule has 3 aromatic heterocycles. The second-order valence-corrected chi connectivity index (χ2v) is 8.15. The summed E-state index contributed by atoms with van der Waals surface area (Å²) in [5.74, 6) is 1.06. The van der Waals surface area contributed by atoms with Crippen LogP contribution < -0.4 is 10.1 Å². The zero-order valence-electron chi connectivity index (χ0n) is 16.7. The third-order valence-electron chi connectivity index (χ3n) is 5.16. The Bertz CT molecular complexity index is 1260. The van der Waals surface area contributed by atoms with Gasteiger partial charge in [-0.3, -0.25) is 14.8 Å². The Morgan fingerprint density at radius 1 is 1.33 bits per heavy atom. The Morgan fingerprint density at radius 3 is 3.00 bits per heavy atom. The van der Waals surface area contributed by atoms with Crippen molar-refractivity contribution < 1.29 is 14.1 Å². The Balaban J connectivity index is 1.32. The fourth-order valence-corrected chi connectivity index (χ4v) is 4.17. The monoisotopic (exact) mass is 421 g/mol. The molecule has 0 unspecified atom stereocenters. The Kier molecular flexibility index (Phi) is 4.39. The van der Waals surface area contributed by atoms with Gasteiger partial charge in [-0.15, -0.1) is 11.3 Å². The lowest BCUT2D eigenvalue weighted by atomic mass is 10.1. The van der Waals surface area contributed by atoms with E-state index in [2.05, 4.69) is 33.5 Å². The SMILES string of the molecule is Cc1c(-c2cc(C(=O)Nc3nc(-c4ccc5c(c4)C[C@H](C)O5)cs3)no2)cnn1C. The quantitative estimate of drug-likeness (QED) is 0.533. The van der Waals surface area contributed by atoms with Crippen LogP contribution in [0.5, 0.6) is 5.75 Å². The number of amides is 1. The van der Waals surface area contributed by atoms with Crippen LogP contribution in [0.1, 0.15) is 28.7 Å². The summed E-state index contributed by atoms with van der Waals surface area (Å²) in [4.78, 5) is 17.1. The normalized spacial score (nSPS) is 15.1. The number of anilines is 1. The molecule has 0 fully saturated rings. The lowest BCUT2D eigenvalue weighted by molar-refractivity contribution is 0.101. The molecule has 152 valence electrons. The number of thiazole rings is 1. The largest absolute Gasteiger partial charge is 0.490 e. The van der Waals surface area contributed by atoms with Gasteiger partial charge in [0.2, 0.25) is 0 Å². The van der Waals surface area contributed by atoms with Gasteiger partial charge < -0.3 is 9.26 Å². The highest BCUT2D eigenvalue weighted by atomic mass is 32.1. The molecule has 1 atom stereocenters. The summed E-state index contributed by atoms with van der Waals surface area (Å²) in [7, 11) is 1.84. The molecule has 1 aromatic carbocycles. The first-order chi connectivity index (χ1) is 14.5. The number of nitrogens with one attached hydrogen (secondary N) is 1. The van der Waals surface area contributed by atoms with Crippen LogP contribution in [0.25, 0.3) is 22.6 Å². The van der Waals surface area contributed by atoms with Gasteiger partial charge >= 0.3 is 0 Å². The van der Waals surface area contributed by atoms with Crippen molar-refractivity contribution in [3.05, 3.63) is 52.8 Å². The Morgan fingerprint density at radius 2 is 2.20 bits per heavy atom. The highest BCUT2D eigenvalue weighted by molar-refractivity contribution is 7.14. The van der Waals surface area contributed by atoms with Gasteiger partial charge in [0, 0.05) is 36.2 Å². The summed E-state index contributed by atoms with van der Waals surface area (Å²) < 4.78 is 12.8. The number of rotatable bonds is 4. The van der Waals surface area contributed by atoms with E-state index in [9.17, 15) is 4.79 Å². The Hall–Kier alpha value is -3.46. The molecule has 5 rings (SSSR count). The molecular formula is C21H19N5O3S. The minimum Gasteiger partial charge on any atom is -0.490 e. The number of carbonyl (C=O) groups is 1. The standard InChI is InChI=1S/C21H19N5O3S/c1-11-6-14-7-13(4-5-18(14)28-11)17-10-30-21(23-17)24-20(27)16-8-19(29-25-16)15-9-22-26(3)12(15)2/h4-5,7-11H,6H2,1-3H3,(H,23,24,27)/t11-/m0/s1. The molecule has 1 aliphatic rings. The van der Waals surface area contributed by atoms with E-state index in [1.54, 1.807) is 16.9 Å². The average molecular weight is 421 g/mol. The summed E-state index contributed by atoms with van der Waals surface area (Å²) in [6.07, 6.45) is 2.78. The van der Waals surface area contributed by atoms with Gasteiger partial charge in [-0.1, -0.05) is 5.16 Å². The molecule has 1 N–H and O–H groups in total. The van der Waals surface area contributed by atoms with Crippen molar-refractivity contribution in [2.45, 2.75) is 26.4 Å². The first kappa shape index (κ1) is 18.6. The first-order valence-electron chi connectivity index (χ1n) is 9.50. The molecule has 8 nitrogen and oxygen atoms in total. The number of nitrogens with zero attached hydrogens (tertiary/aromatic N) is 4. The summed E-state index contributed by atoms with van der Waals surface area (Å²) in [5, 5.41) is 13.3. The first-order valence-corrected chi connectivity index (χ1v) is 10.4. The predicted octanol–water partition coefficient (Wildman–Crippen LogP) is 4.08. The number of carbonyl (C=O) groups excluding carboxylic acids is 1. The molecule has 4 heterocycles. The molecule has 0 saturated carbocycles. The van der Waals surface area contributed by atoms with Crippen LogP contribution in [0.2, 0.25) is 0 Å². The van der Waals surface area contributed by atoms with E-state index >= 15 is 0 Å². The maximum absolute atomic E-state index is 12.6. The summed E-state index contributed by atoms with van der Waals surface area (Å²) >= 11 is 1.36. The van der Waals surface area contributed by atoms with Crippen molar-refractivity contribution >= 4 is 22.4 Å². The van der Waals surface area contributed by atoms with Gasteiger partial charge in [0.15, 0.2) is 16.6 Å². The zero-order chi connectivity index (χ0) is 20.8. The highest BCUT2D eigenvalue weighted by Gasteiger charge is 2.21. The summed E-state index contributed by atoms with van der Waals surface area (Å²) in [6, 6.07) is 7.66. The van der Waals surface area contributed by atoms with Gasteiger partial charge in [-0.25, -0.2) is 4.98 Å². The molecule has 1 aliphatic heterocycles. The van der Waals surface area contributed by atoms with Crippen molar-refractivity contribution in [1.29, 1.82) is 0 Å². The van der Waals surface area contributed by atoms with Crippen LogP contribution in [0, 0.1) is 6.92 Å². The zero-order valence-corrected chi connectivity index (χ0v) is 17.5. The number of hydrogen-bond donors (Lipinski definition) is 1. The minimum atomic E-state index is -0.372. The Labute approximate surface area is 176 Å². The second kappa shape index (κ2) is 7.10. The van der Waals surface area contributed by atoms with E-state index in [0.717, 1.165) is 34.7 Å². The number of fused-ring (bicyclic) bond motifs is 1. The van der Waals surface area contributed by atoms with E-state index in [4.69, 9.17) is 9.26 Å². The maximum Gasteiger partial charge on any atom is 0.279 e. The van der Waals surface area contributed by atoms with E-state index in [-0.39, 0.29) is 17.7 Å². The van der Waals surface area contributed by atoms with Gasteiger partial charge in [-0.2, -0.15) is 5.10 Å². The fourth-order valence-electron chi connectivity index (χ4n) is 3.46. The van der Waals surface area contributed by atoms with Crippen LogP contribution in [0.4, 0.5) is 5.13 Å². The second-order valence-electron chi connectivity index (χ2n) is 7.29. The number of aryl methyl sites for hydroxylation is 1. The van der Waals surface area contributed by atoms with Crippen molar-refractivity contribution in [1.82, 2.24) is 19.9 Å². The molecule has 1 amide bonds. The molecule has 0 radical (unpaired) electrons. The fraction of sp³-hybridized carbons (Fsp3) is 0.238. The molecule has 0 spiro atoms. The molecule has 0 saturated heterocycles. The van der Waals surface area contributed by atoms with Crippen LogP contribution in [-0.2, 0) is 13.5 Å². The smallest absolute Gasteiger partial charge is 0.279 e. The van der Waals surface area contributed by atoms with Gasteiger partial charge in [0.1, 0.15) is 11.9 Å². The third-order valence-corrected chi connectivity index (χ3v) is 5.92. The molecular weight excluding hydrogens is 402 g/mol. The lowest BCUT2D eigenvalue weighted by Gasteiger charge is -2.02.